The topological polar surface area (TPSA) is 86.8 Å². The standard InChI is InChI=1S/C35H43Cl2N3O4S/c1-3-26-16-20-31(21-17-26)40(45(2,43)44)22-10-15-34(41)39(25-28-18-19-29(36)24-32(28)37)33(23-27-11-6-4-7-12-27)35(42)38-30-13-8-5-9-14-30/h4,6-7,11-12,16-21,24,30,33H,3,5,8-10,13-15,22-23,25H2,1-2H3,(H,38,42)/t33-/m1/s1. The van der Waals surface area contributed by atoms with E-state index >= 15 is 0 Å². The number of amides is 2. The van der Waals surface area contributed by atoms with Crippen LogP contribution in [0.15, 0.2) is 72.8 Å². The fourth-order valence-corrected chi connectivity index (χ4v) is 7.27. The largest absolute Gasteiger partial charge is 0.352 e. The SMILES string of the molecule is CCc1ccc(N(CCCC(=O)N(Cc2ccc(Cl)cc2Cl)[C@H](Cc2ccccc2)C(=O)NC2CCCCC2)S(C)(=O)=O)cc1. The highest BCUT2D eigenvalue weighted by Gasteiger charge is 2.32. The average Bonchev–Trinajstić information content (AvgIpc) is 3.02. The van der Waals surface area contributed by atoms with E-state index in [1.165, 1.54) is 10.6 Å². The van der Waals surface area contributed by atoms with Crippen LogP contribution < -0.4 is 9.62 Å². The number of sulfonamides is 1. The Morgan fingerprint density at radius 2 is 1.62 bits per heavy atom. The van der Waals surface area contributed by atoms with Gasteiger partial charge in [-0.1, -0.05) is 97.9 Å². The summed E-state index contributed by atoms with van der Waals surface area (Å²) >= 11 is 12.7. The summed E-state index contributed by atoms with van der Waals surface area (Å²) in [5.74, 6) is -0.450. The molecule has 1 aliphatic carbocycles. The normalized spacial score (nSPS) is 14.5. The highest BCUT2D eigenvalue weighted by molar-refractivity contribution is 7.92. The van der Waals surface area contributed by atoms with Crippen LogP contribution in [0.5, 0.6) is 0 Å². The second-order valence-electron chi connectivity index (χ2n) is 11.8. The molecule has 10 heteroatoms. The smallest absolute Gasteiger partial charge is 0.243 e. The second kappa shape index (κ2) is 16.5. The van der Waals surface area contributed by atoms with E-state index < -0.39 is 16.1 Å². The fraction of sp³-hybridized carbons (Fsp3) is 0.429. The highest BCUT2D eigenvalue weighted by atomic mass is 35.5. The van der Waals surface area contributed by atoms with Gasteiger partial charge in [-0.3, -0.25) is 13.9 Å². The number of benzene rings is 3. The van der Waals surface area contributed by atoms with Gasteiger partial charge >= 0.3 is 0 Å². The lowest BCUT2D eigenvalue weighted by Crippen LogP contribution is -2.53. The molecule has 0 unspecified atom stereocenters. The van der Waals surface area contributed by atoms with Gasteiger partial charge in [0.2, 0.25) is 21.8 Å². The van der Waals surface area contributed by atoms with Crippen molar-refractivity contribution in [3.63, 3.8) is 0 Å². The van der Waals surface area contributed by atoms with E-state index in [-0.39, 0.29) is 43.8 Å². The summed E-state index contributed by atoms with van der Waals surface area (Å²) in [6.07, 6.45) is 7.79. The van der Waals surface area contributed by atoms with Gasteiger partial charge in [0, 0.05) is 42.0 Å². The number of hydrogen-bond donors (Lipinski definition) is 1. The van der Waals surface area contributed by atoms with Crippen molar-refractivity contribution in [2.75, 3.05) is 17.1 Å². The Hall–Kier alpha value is -3.07. The first-order valence-corrected chi connectivity index (χ1v) is 18.3. The van der Waals surface area contributed by atoms with Crippen molar-refractivity contribution in [1.82, 2.24) is 10.2 Å². The van der Waals surface area contributed by atoms with Crippen LogP contribution in [0.25, 0.3) is 0 Å². The van der Waals surface area contributed by atoms with Gasteiger partial charge in [-0.25, -0.2) is 8.42 Å². The molecule has 1 N–H and O–H groups in total. The van der Waals surface area contributed by atoms with Gasteiger partial charge < -0.3 is 10.2 Å². The van der Waals surface area contributed by atoms with Crippen molar-refractivity contribution >= 4 is 50.7 Å². The number of hydrogen-bond acceptors (Lipinski definition) is 4. The van der Waals surface area contributed by atoms with Gasteiger partial charge in [0.1, 0.15) is 6.04 Å². The summed E-state index contributed by atoms with van der Waals surface area (Å²) in [6.45, 7) is 2.28. The number of nitrogens with zero attached hydrogens (tertiary/aromatic N) is 2. The predicted molar refractivity (Wildman–Crippen MR) is 183 cm³/mol. The Kier molecular flexibility index (Phi) is 12.7. The number of nitrogens with one attached hydrogen (secondary N) is 1. The maximum Gasteiger partial charge on any atom is 0.243 e. The minimum absolute atomic E-state index is 0.0479. The van der Waals surface area contributed by atoms with E-state index in [0.29, 0.717) is 27.7 Å². The van der Waals surface area contributed by atoms with Gasteiger partial charge in [0.05, 0.1) is 11.9 Å². The molecule has 7 nitrogen and oxygen atoms in total. The average molecular weight is 673 g/mol. The summed E-state index contributed by atoms with van der Waals surface area (Å²) in [5, 5.41) is 4.12. The van der Waals surface area contributed by atoms with Crippen LogP contribution in [-0.4, -0.2) is 50.0 Å². The molecule has 242 valence electrons. The maximum absolute atomic E-state index is 14.1. The van der Waals surface area contributed by atoms with E-state index in [9.17, 15) is 18.0 Å². The number of aryl methyl sites for hydroxylation is 1. The third-order valence-corrected chi connectivity index (χ3v) is 10.1. The van der Waals surface area contributed by atoms with Crippen molar-refractivity contribution in [3.05, 3.63) is 99.5 Å². The van der Waals surface area contributed by atoms with Crippen molar-refractivity contribution in [3.8, 4) is 0 Å². The minimum Gasteiger partial charge on any atom is -0.352 e. The Bertz CT molecular complexity index is 1530. The fourth-order valence-electron chi connectivity index (χ4n) is 5.83. The molecule has 0 saturated heterocycles. The lowest BCUT2D eigenvalue weighted by Gasteiger charge is -2.34. The summed E-state index contributed by atoms with van der Waals surface area (Å²) in [6, 6.07) is 21.5. The zero-order valence-electron chi connectivity index (χ0n) is 26.1. The van der Waals surface area contributed by atoms with Crippen LogP contribution in [0.4, 0.5) is 5.69 Å². The van der Waals surface area contributed by atoms with Gasteiger partial charge in [-0.2, -0.15) is 0 Å². The van der Waals surface area contributed by atoms with Crippen LogP contribution >= 0.6 is 23.2 Å². The van der Waals surface area contributed by atoms with E-state index in [1.807, 2.05) is 49.4 Å². The molecular formula is C35H43Cl2N3O4S. The van der Waals surface area contributed by atoms with Gasteiger partial charge in [-0.05, 0) is 66.6 Å². The highest BCUT2D eigenvalue weighted by Crippen LogP contribution is 2.26. The molecule has 0 aliphatic heterocycles. The van der Waals surface area contributed by atoms with Crippen LogP contribution in [0, 0.1) is 0 Å². The maximum atomic E-state index is 14.1. The van der Waals surface area contributed by atoms with Gasteiger partial charge in [-0.15, -0.1) is 0 Å². The van der Waals surface area contributed by atoms with E-state index in [4.69, 9.17) is 23.2 Å². The summed E-state index contributed by atoms with van der Waals surface area (Å²) in [5.41, 5.74) is 3.27. The minimum atomic E-state index is -3.59. The predicted octanol–water partition coefficient (Wildman–Crippen LogP) is 7.19. The monoisotopic (exact) mass is 671 g/mol. The Morgan fingerprint density at radius 1 is 0.933 bits per heavy atom. The number of carbonyl (C=O) groups is 2. The zero-order chi connectivity index (χ0) is 32.4. The summed E-state index contributed by atoms with van der Waals surface area (Å²) in [7, 11) is -3.59. The van der Waals surface area contributed by atoms with Crippen molar-refractivity contribution < 1.29 is 18.0 Å². The molecule has 3 aromatic carbocycles. The molecule has 1 atom stereocenters. The molecule has 45 heavy (non-hydrogen) atoms. The van der Waals surface area contributed by atoms with Crippen LogP contribution in [0.3, 0.4) is 0 Å². The van der Waals surface area contributed by atoms with Crippen molar-refractivity contribution in [2.24, 2.45) is 0 Å². The Labute approximate surface area is 278 Å². The van der Waals surface area contributed by atoms with Gasteiger partial charge in [0.25, 0.3) is 0 Å². The first-order chi connectivity index (χ1) is 21.5. The molecule has 1 fully saturated rings. The lowest BCUT2D eigenvalue weighted by molar-refractivity contribution is -0.141. The molecule has 0 aromatic heterocycles. The number of halogens is 2. The zero-order valence-corrected chi connectivity index (χ0v) is 28.4. The number of rotatable bonds is 14. The van der Waals surface area contributed by atoms with E-state index in [2.05, 4.69) is 5.32 Å². The van der Waals surface area contributed by atoms with Gasteiger partial charge in [0.15, 0.2) is 0 Å². The molecule has 0 heterocycles. The molecule has 0 radical (unpaired) electrons. The molecular weight excluding hydrogens is 629 g/mol. The Balaban J connectivity index is 1.60. The summed E-state index contributed by atoms with van der Waals surface area (Å²) < 4.78 is 26.8. The third kappa shape index (κ3) is 10.2. The molecule has 2 amide bonds. The molecule has 4 rings (SSSR count). The van der Waals surface area contributed by atoms with Crippen LogP contribution in [-0.2, 0) is 39.0 Å². The molecule has 0 bridgehead atoms. The van der Waals surface area contributed by atoms with Crippen molar-refractivity contribution in [2.45, 2.75) is 83.3 Å². The second-order valence-corrected chi connectivity index (χ2v) is 14.5. The number of carbonyl (C=O) groups excluding carboxylic acids is 2. The Morgan fingerprint density at radius 3 is 2.24 bits per heavy atom. The van der Waals surface area contributed by atoms with E-state index in [1.54, 1.807) is 35.2 Å². The number of anilines is 1. The third-order valence-electron chi connectivity index (χ3n) is 8.36. The first kappa shape index (κ1) is 34.8. The molecule has 0 spiro atoms. The van der Waals surface area contributed by atoms with E-state index in [0.717, 1.165) is 49.7 Å². The lowest BCUT2D eigenvalue weighted by atomic mass is 9.94. The van der Waals surface area contributed by atoms with Crippen LogP contribution in [0.1, 0.15) is 68.6 Å². The molecule has 3 aromatic rings. The van der Waals surface area contributed by atoms with Crippen molar-refractivity contribution in [1.29, 1.82) is 0 Å². The summed E-state index contributed by atoms with van der Waals surface area (Å²) in [4.78, 5) is 29.7. The quantitative estimate of drug-likeness (QED) is 0.197. The molecule has 1 saturated carbocycles. The first-order valence-electron chi connectivity index (χ1n) is 15.7. The molecule has 1 aliphatic rings. The van der Waals surface area contributed by atoms with Crippen LogP contribution in [0.2, 0.25) is 10.0 Å².